The maximum atomic E-state index is 12.4. The first kappa shape index (κ1) is 11.3. The van der Waals surface area contributed by atoms with Gasteiger partial charge >= 0.3 is 0 Å². The van der Waals surface area contributed by atoms with E-state index in [1.54, 1.807) is 0 Å². The number of carbonyl (C=O) groups excluding carboxylic acids is 1. The second kappa shape index (κ2) is 3.72. The van der Waals surface area contributed by atoms with Crippen molar-refractivity contribution in [3.63, 3.8) is 0 Å². The average molecular weight is 248 g/mol. The van der Waals surface area contributed by atoms with E-state index in [0.29, 0.717) is 17.3 Å². The van der Waals surface area contributed by atoms with Crippen LogP contribution in [0, 0.1) is 29.1 Å². The predicted molar refractivity (Wildman–Crippen MR) is 69.7 cm³/mol. The van der Waals surface area contributed by atoms with Crippen LogP contribution in [-0.2, 0) is 4.79 Å². The van der Waals surface area contributed by atoms with E-state index in [1.165, 1.54) is 44.9 Å². The van der Waals surface area contributed by atoms with E-state index in [1.807, 2.05) is 0 Å². The lowest BCUT2D eigenvalue weighted by Crippen LogP contribution is -2.46. The number of nitrogens with two attached hydrogens (primary N) is 1. The standard InChI is InChI=1S/C15H24N2O/c16-13-10-2-1-9(7-10)12(13)14(18)17-8-15(5-6-15)11-3-4-11/h9-13H,1-8,16H2,(H,17,18). The van der Waals surface area contributed by atoms with Crippen LogP contribution in [0.15, 0.2) is 0 Å². The fourth-order valence-electron chi connectivity index (χ4n) is 4.69. The quantitative estimate of drug-likeness (QED) is 0.795. The maximum Gasteiger partial charge on any atom is 0.224 e. The van der Waals surface area contributed by atoms with Gasteiger partial charge in [0, 0.05) is 12.6 Å². The van der Waals surface area contributed by atoms with Gasteiger partial charge in [0.05, 0.1) is 5.92 Å². The van der Waals surface area contributed by atoms with E-state index in [-0.39, 0.29) is 17.9 Å². The Morgan fingerprint density at radius 1 is 1.17 bits per heavy atom. The first-order valence-electron chi connectivity index (χ1n) is 7.73. The Morgan fingerprint density at radius 2 is 1.89 bits per heavy atom. The Bertz CT molecular complexity index is 371. The van der Waals surface area contributed by atoms with Gasteiger partial charge in [-0.05, 0) is 68.1 Å². The summed E-state index contributed by atoms with van der Waals surface area (Å²) in [7, 11) is 0. The van der Waals surface area contributed by atoms with Crippen molar-refractivity contribution in [1.29, 1.82) is 0 Å². The van der Waals surface area contributed by atoms with Gasteiger partial charge in [0.25, 0.3) is 0 Å². The van der Waals surface area contributed by atoms with E-state index in [4.69, 9.17) is 5.73 Å². The summed E-state index contributed by atoms with van der Waals surface area (Å²) in [5.74, 6) is 2.53. The molecule has 4 aliphatic rings. The highest BCUT2D eigenvalue weighted by Crippen LogP contribution is 2.60. The van der Waals surface area contributed by atoms with Crippen LogP contribution in [0.1, 0.15) is 44.9 Å². The zero-order valence-electron chi connectivity index (χ0n) is 11.0. The highest BCUT2D eigenvalue weighted by Gasteiger charge is 2.54. The molecule has 100 valence electrons. The van der Waals surface area contributed by atoms with Crippen LogP contribution in [0.3, 0.4) is 0 Å². The van der Waals surface area contributed by atoms with Crippen molar-refractivity contribution < 1.29 is 4.79 Å². The molecule has 0 aliphatic heterocycles. The van der Waals surface area contributed by atoms with Crippen LogP contribution < -0.4 is 11.1 Å². The maximum absolute atomic E-state index is 12.4. The zero-order chi connectivity index (χ0) is 12.3. The van der Waals surface area contributed by atoms with Gasteiger partial charge in [-0.25, -0.2) is 0 Å². The van der Waals surface area contributed by atoms with Crippen LogP contribution in [0.2, 0.25) is 0 Å². The molecule has 0 radical (unpaired) electrons. The molecule has 2 bridgehead atoms. The summed E-state index contributed by atoms with van der Waals surface area (Å²) in [5.41, 5.74) is 6.74. The summed E-state index contributed by atoms with van der Waals surface area (Å²) >= 11 is 0. The van der Waals surface area contributed by atoms with Crippen molar-refractivity contribution >= 4 is 5.91 Å². The molecule has 3 heteroatoms. The Balaban J connectivity index is 1.36. The van der Waals surface area contributed by atoms with E-state index in [9.17, 15) is 4.79 Å². The normalized spacial score (nSPS) is 44.1. The van der Waals surface area contributed by atoms with Gasteiger partial charge in [-0.2, -0.15) is 0 Å². The van der Waals surface area contributed by atoms with Gasteiger partial charge in [-0.15, -0.1) is 0 Å². The van der Waals surface area contributed by atoms with Crippen molar-refractivity contribution in [2.75, 3.05) is 6.54 Å². The number of hydrogen-bond acceptors (Lipinski definition) is 2. The SMILES string of the molecule is NC1C2CCC(C2)C1C(=O)NCC1(C2CC2)CC1. The van der Waals surface area contributed by atoms with Crippen molar-refractivity contribution in [3.05, 3.63) is 0 Å². The molecule has 4 aliphatic carbocycles. The molecule has 1 amide bonds. The topological polar surface area (TPSA) is 55.1 Å². The van der Waals surface area contributed by atoms with Crippen LogP contribution in [0.25, 0.3) is 0 Å². The molecule has 4 saturated carbocycles. The molecule has 0 spiro atoms. The Morgan fingerprint density at radius 3 is 2.44 bits per heavy atom. The highest BCUT2D eigenvalue weighted by atomic mass is 16.2. The van der Waals surface area contributed by atoms with Gasteiger partial charge in [0.1, 0.15) is 0 Å². The number of carbonyl (C=O) groups is 1. The van der Waals surface area contributed by atoms with Gasteiger partial charge in [0.15, 0.2) is 0 Å². The third kappa shape index (κ3) is 1.63. The lowest BCUT2D eigenvalue weighted by Gasteiger charge is -2.28. The third-order valence-corrected chi connectivity index (χ3v) is 6.23. The summed E-state index contributed by atoms with van der Waals surface area (Å²) < 4.78 is 0. The zero-order valence-corrected chi connectivity index (χ0v) is 11.0. The Kier molecular flexibility index (Phi) is 2.33. The van der Waals surface area contributed by atoms with Crippen molar-refractivity contribution in [2.24, 2.45) is 34.8 Å². The predicted octanol–water partition coefficient (Wildman–Crippen LogP) is 1.67. The minimum Gasteiger partial charge on any atom is -0.355 e. The second-order valence-electron chi connectivity index (χ2n) is 7.29. The van der Waals surface area contributed by atoms with Crippen LogP contribution >= 0.6 is 0 Å². The number of fused-ring (bicyclic) bond motifs is 2. The number of rotatable bonds is 4. The highest BCUT2D eigenvalue weighted by molar-refractivity contribution is 5.80. The van der Waals surface area contributed by atoms with Gasteiger partial charge in [0.2, 0.25) is 5.91 Å². The molecule has 3 N–H and O–H groups in total. The third-order valence-electron chi connectivity index (χ3n) is 6.23. The fourth-order valence-corrected chi connectivity index (χ4v) is 4.69. The van der Waals surface area contributed by atoms with Crippen LogP contribution in [-0.4, -0.2) is 18.5 Å². The minimum absolute atomic E-state index is 0.124. The van der Waals surface area contributed by atoms with Crippen molar-refractivity contribution in [1.82, 2.24) is 5.32 Å². The largest absolute Gasteiger partial charge is 0.355 e. The average Bonchev–Trinajstić information content (AvgIpc) is 3.26. The lowest BCUT2D eigenvalue weighted by molar-refractivity contribution is -0.127. The molecule has 4 unspecified atom stereocenters. The van der Waals surface area contributed by atoms with Crippen molar-refractivity contribution in [3.8, 4) is 0 Å². The summed E-state index contributed by atoms with van der Waals surface area (Å²) in [4.78, 5) is 12.4. The molecule has 0 aromatic carbocycles. The molecule has 18 heavy (non-hydrogen) atoms. The van der Waals surface area contributed by atoms with Crippen molar-refractivity contribution in [2.45, 2.75) is 51.0 Å². The Hall–Kier alpha value is -0.570. The molecular weight excluding hydrogens is 224 g/mol. The van der Waals surface area contributed by atoms with E-state index in [2.05, 4.69) is 5.32 Å². The number of hydrogen-bond donors (Lipinski definition) is 2. The minimum atomic E-state index is 0.124. The molecule has 0 saturated heterocycles. The van der Waals surface area contributed by atoms with Gasteiger partial charge in [-0.3, -0.25) is 4.79 Å². The Labute approximate surface area is 109 Å². The molecule has 4 rings (SSSR count). The van der Waals surface area contributed by atoms with Gasteiger partial charge < -0.3 is 11.1 Å². The van der Waals surface area contributed by atoms with Crippen LogP contribution in [0.4, 0.5) is 0 Å². The number of nitrogens with one attached hydrogen (secondary N) is 1. The summed E-state index contributed by atoms with van der Waals surface area (Å²) in [6.07, 6.45) is 9.13. The molecule has 0 aromatic rings. The smallest absolute Gasteiger partial charge is 0.224 e. The molecule has 4 atom stereocenters. The summed E-state index contributed by atoms with van der Waals surface area (Å²) in [6.45, 7) is 0.928. The fraction of sp³-hybridized carbons (Fsp3) is 0.933. The molecular formula is C15H24N2O. The molecule has 0 heterocycles. The molecule has 0 aromatic heterocycles. The van der Waals surface area contributed by atoms with E-state index >= 15 is 0 Å². The summed E-state index contributed by atoms with van der Waals surface area (Å²) in [6, 6.07) is 0.139. The summed E-state index contributed by atoms with van der Waals surface area (Å²) in [5, 5.41) is 3.25. The van der Waals surface area contributed by atoms with E-state index in [0.717, 1.165) is 12.5 Å². The lowest BCUT2D eigenvalue weighted by atomic mass is 9.84. The molecule has 4 fully saturated rings. The first-order valence-corrected chi connectivity index (χ1v) is 7.73. The van der Waals surface area contributed by atoms with Gasteiger partial charge in [-0.1, -0.05) is 0 Å². The second-order valence-corrected chi connectivity index (χ2v) is 7.29. The van der Waals surface area contributed by atoms with Crippen LogP contribution in [0.5, 0.6) is 0 Å². The monoisotopic (exact) mass is 248 g/mol. The first-order chi connectivity index (χ1) is 8.70. The van der Waals surface area contributed by atoms with E-state index < -0.39 is 0 Å². The molecule has 3 nitrogen and oxygen atoms in total. The number of amides is 1.